The van der Waals surface area contributed by atoms with Crippen molar-refractivity contribution in [1.29, 1.82) is 5.41 Å². The number of hydrogen-bond acceptors (Lipinski definition) is 2. The average molecular weight is 148 g/mol. The molecule has 0 atom stereocenters. The van der Waals surface area contributed by atoms with Crippen molar-refractivity contribution in [2.45, 2.75) is 13.8 Å². The van der Waals surface area contributed by atoms with Gasteiger partial charge in [0.25, 0.3) is 0 Å². The van der Waals surface area contributed by atoms with E-state index in [2.05, 4.69) is 4.99 Å². The topological polar surface area (TPSA) is 36.2 Å². The highest BCUT2D eigenvalue weighted by molar-refractivity contribution is 6.53. The summed E-state index contributed by atoms with van der Waals surface area (Å²) in [4.78, 5) is 4.04. The van der Waals surface area contributed by atoms with Gasteiger partial charge in [-0.1, -0.05) is 12.2 Å². The lowest BCUT2D eigenvalue weighted by atomic mass is 9.96. The van der Waals surface area contributed by atoms with Gasteiger partial charge in [-0.05, 0) is 25.0 Å². The Bertz CT molecular complexity index is 276. The molecule has 0 fully saturated rings. The number of allylic oxidation sites excluding steroid dienone is 4. The van der Waals surface area contributed by atoms with Gasteiger partial charge < -0.3 is 0 Å². The first kappa shape index (κ1) is 7.92. The minimum absolute atomic E-state index is 0.549. The van der Waals surface area contributed by atoms with Crippen LogP contribution < -0.4 is 0 Å². The summed E-state index contributed by atoms with van der Waals surface area (Å²) in [5.74, 6) is 0. The third-order valence-electron chi connectivity index (χ3n) is 1.81. The second-order valence-electron chi connectivity index (χ2n) is 2.65. The maximum absolute atomic E-state index is 7.64. The Morgan fingerprint density at radius 3 is 2.18 bits per heavy atom. The minimum atomic E-state index is 0.549. The highest BCUT2D eigenvalue weighted by Crippen LogP contribution is 2.11. The van der Waals surface area contributed by atoms with Crippen LogP contribution in [-0.2, 0) is 0 Å². The summed E-state index contributed by atoms with van der Waals surface area (Å²) in [6.45, 7) is 3.90. The first-order valence-corrected chi connectivity index (χ1v) is 3.58. The van der Waals surface area contributed by atoms with Gasteiger partial charge in [0.1, 0.15) is 0 Å². The van der Waals surface area contributed by atoms with Gasteiger partial charge in [-0.15, -0.1) is 0 Å². The van der Waals surface area contributed by atoms with E-state index in [4.69, 9.17) is 5.41 Å². The molecule has 11 heavy (non-hydrogen) atoms. The fourth-order valence-electron chi connectivity index (χ4n) is 1.08. The van der Waals surface area contributed by atoms with Gasteiger partial charge in [0.15, 0.2) is 0 Å². The Balaban J connectivity index is 3.13. The Morgan fingerprint density at radius 1 is 1.18 bits per heavy atom. The lowest BCUT2D eigenvalue weighted by Crippen LogP contribution is -2.18. The molecule has 0 aromatic carbocycles. The molecule has 0 aliphatic heterocycles. The lowest BCUT2D eigenvalue weighted by molar-refractivity contribution is 1.37. The van der Waals surface area contributed by atoms with Gasteiger partial charge in [-0.25, -0.2) is 0 Å². The molecule has 0 aromatic rings. The Kier molecular flexibility index (Phi) is 2.03. The second kappa shape index (κ2) is 2.82. The summed E-state index contributed by atoms with van der Waals surface area (Å²) in [5, 5.41) is 7.64. The van der Waals surface area contributed by atoms with E-state index in [0.717, 1.165) is 16.9 Å². The molecule has 1 aliphatic rings. The van der Waals surface area contributed by atoms with Crippen LogP contribution in [0.15, 0.2) is 28.3 Å². The zero-order valence-electron chi connectivity index (χ0n) is 7.10. The SMILES string of the molecule is C/N=C1\C(=N)C(C)=CC=C1C. The minimum Gasteiger partial charge on any atom is -0.298 e. The van der Waals surface area contributed by atoms with Gasteiger partial charge in [0.2, 0.25) is 0 Å². The number of hydrogen-bond donors (Lipinski definition) is 1. The predicted molar refractivity (Wildman–Crippen MR) is 48.6 cm³/mol. The van der Waals surface area contributed by atoms with Crippen molar-refractivity contribution in [2.75, 3.05) is 7.05 Å². The molecular formula is C9H12N2. The molecule has 2 nitrogen and oxygen atoms in total. The van der Waals surface area contributed by atoms with Crippen LogP contribution in [0.5, 0.6) is 0 Å². The van der Waals surface area contributed by atoms with E-state index in [1.54, 1.807) is 7.05 Å². The maximum Gasteiger partial charge on any atom is 0.0851 e. The lowest BCUT2D eigenvalue weighted by Gasteiger charge is -2.11. The fraction of sp³-hybridized carbons (Fsp3) is 0.333. The van der Waals surface area contributed by atoms with Crippen molar-refractivity contribution in [2.24, 2.45) is 4.99 Å². The van der Waals surface area contributed by atoms with Crippen LogP contribution in [0.1, 0.15) is 13.8 Å². The van der Waals surface area contributed by atoms with E-state index >= 15 is 0 Å². The van der Waals surface area contributed by atoms with E-state index in [9.17, 15) is 0 Å². The van der Waals surface area contributed by atoms with E-state index in [1.807, 2.05) is 26.0 Å². The normalized spacial score (nSPS) is 21.7. The summed E-state index contributed by atoms with van der Waals surface area (Å²) in [5.41, 5.74) is 3.41. The summed E-state index contributed by atoms with van der Waals surface area (Å²) in [7, 11) is 1.72. The van der Waals surface area contributed by atoms with E-state index in [1.165, 1.54) is 0 Å². The van der Waals surface area contributed by atoms with Gasteiger partial charge in [0.05, 0.1) is 11.4 Å². The average Bonchev–Trinajstić information content (AvgIpc) is 1.99. The smallest absolute Gasteiger partial charge is 0.0851 e. The number of nitrogens with one attached hydrogen (secondary N) is 1. The van der Waals surface area contributed by atoms with Gasteiger partial charge in [0, 0.05) is 7.05 Å². The zero-order valence-corrected chi connectivity index (χ0v) is 7.10. The maximum atomic E-state index is 7.64. The third kappa shape index (κ3) is 1.29. The molecule has 1 aliphatic carbocycles. The monoisotopic (exact) mass is 148 g/mol. The van der Waals surface area contributed by atoms with Crippen molar-refractivity contribution in [1.82, 2.24) is 0 Å². The Morgan fingerprint density at radius 2 is 1.73 bits per heavy atom. The number of aliphatic imine (C=N–C) groups is 1. The first-order chi connectivity index (χ1) is 5.16. The predicted octanol–water partition coefficient (Wildman–Crippen LogP) is 1.98. The molecule has 0 bridgehead atoms. The van der Waals surface area contributed by atoms with Gasteiger partial charge in [-0.2, -0.15) is 0 Å². The van der Waals surface area contributed by atoms with Crippen LogP contribution in [-0.4, -0.2) is 18.5 Å². The molecule has 1 rings (SSSR count). The standard InChI is InChI=1S/C9H12N2/c1-6-4-5-7(2)9(11-3)8(6)10/h4-5,10H,1-3H3/b10-8?,11-9-. The summed E-state index contributed by atoms with van der Waals surface area (Å²) >= 11 is 0. The second-order valence-corrected chi connectivity index (χ2v) is 2.65. The summed E-state index contributed by atoms with van der Waals surface area (Å²) in [6.07, 6.45) is 3.95. The molecule has 58 valence electrons. The molecule has 0 spiro atoms. The molecule has 0 saturated heterocycles. The van der Waals surface area contributed by atoms with Gasteiger partial charge in [-0.3, -0.25) is 10.4 Å². The zero-order chi connectivity index (χ0) is 8.43. The highest BCUT2D eigenvalue weighted by Gasteiger charge is 2.12. The van der Waals surface area contributed by atoms with Crippen LogP contribution in [0.25, 0.3) is 0 Å². The molecule has 0 aromatic heterocycles. The third-order valence-corrected chi connectivity index (χ3v) is 1.81. The van der Waals surface area contributed by atoms with Crippen LogP contribution in [0.4, 0.5) is 0 Å². The number of nitrogens with zero attached hydrogens (tertiary/aromatic N) is 1. The van der Waals surface area contributed by atoms with Gasteiger partial charge >= 0.3 is 0 Å². The Labute approximate surface area is 66.9 Å². The fourth-order valence-corrected chi connectivity index (χ4v) is 1.08. The van der Waals surface area contributed by atoms with Crippen molar-refractivity contribution in [3.05, 3.63) is 23.3 Å². The molecule has 0 heterocycles. The number of rotatable bonds is 0. The molecule has 1 N–H and O–H groups in total. The van der Waals surface area contributed by atoms with Crippen LogP contribution >= 0.6 is 0 Å². The molecule has 0 amide bonds. The molecule has 0 unspecified atom stereocenters. The van der Waals surface area contributed by atoms with E-state index in [0.29, 0.717) is 5.71 Å². The van der Waals surface area contributed by atoms with Crippen molar-refractivity contribution in [3.8, 4) is 0 Å². The molecule has 2 heteroatoms. The largest absolute Gasteiger partial charge is 0.298 e. The quantitative estimate of drug-likeness (QED) is 0.510. The van der Waals surface area contributed by atoms with Crippen molar-refractivity contribution >= 4 is 11.4 Å². The van der Waals surface area contributed by atoms with Crippen LogP contribution in [0.3, 0.4) is 0 Å². The van der Waals surface area contributed by atoms with Crippen LogP contribution in [0.2, 0.25) is 0 Å². The highest BCUT2D eigenvalue weighted by atomic mass is 14.7. The van der Waals surface area contributed by atoms with E-state index in [-0.39, 0.29) is 0 Å². The summed E-state index contributed by atoms with van der Waals surface area (Å²) < 4.78 is 0. The van der Waals surface area contributed by atoms with Crippen molar-refractivity contribution in [3.63, 3.8) is 0 Å². The first-order valence-electron chi connectivity index (χ1n) is 3.58. The Hall–Kier alpha value is -1.18. The molecule has 0 radical (unpaired) electrons. The van der Waals surface area contributed by atoms with Crippen molar-refractivity contribution < 1.29 is 0 Å². The van der Waals surface area contributed by atoms with Crippen LogP contribution in [0, 0.1) is 5.41 Å². The molecular weight excluding hydrogens is 136 g/mol. The summed E-state index contributed by atoms with van der Waals surface area (Å²) in [6, 6.07) is 0. The van der Waals surface area contributed by atoms with E-state index < -0.39 is 0 Å². The molecule has 0 saturated carbocycles.